The predicted molar refractivity (Wildman–Crippen MR) is 90.4 cm³/mol. The molecule has 2 nitrogen and oxygen atoms in total. The van der Waals surface area contributed by atoms with Gasteiger partial charge >= 0.3 is 0 Å². The Hall–Kier alpha value is -1.61. The van der Waals surface area contributed by atoms with E-state index in [1.807, 2.05) is 20.1 Å². The highest BCUT2D eigenvalue weighted by molar-refractivity contribution is 7.94. The first-order valence-corrected chi connectivity index (χ1v) is 8.17. The van der Waals surface area contributed by atoms with Gasteiger partial charge in [0.2, 0.25) is 0 Å². The first kappa shape index (κ1) is 15.8. The standard InChI is InChI=1S/C18H22O2S/c1-11-6-15(7-12(2)17(11)19)10-16-8-13(3)18(20-21-5)14(4)9-16/h6-9,19H,10H2,1-5H3. The second-order valence-electron chi connectivity index (χ2n) is 5.56. The Labute approximate surface area is 131 Å². The molecular weight excluding hydrogens is 280 g/mol. The molecule has 1 N–H and O–H groups in total. The van der Waals surface area contributed by atoms with E-state index >= 15 is 0 Å². The van der Waals surface area contributed by atoms with Crippen molar-refractivity contribution in [2.24, 2.45) is 0 Å². The van der Waals surface area contributed by atoms with Crippen molar-refractivity contribution in [2.45, 2.75) is 34.1 Å². The van der Waals surface area contributed by atoms with Crippen LogP contribution in [-0.2, 0) is 6.42 Å². The zero-order valence-electron chi connectivity index (χ0n) is 13.3. The SMILES string of the molecule is CSOc1c(C)cc(Cc2cc(C)c(O)c(C)c2)cc1C. The maximum atomic E-state index is 9.86. The molecule has 0 fully saturated rings. The minimum Gasteiger partial charge on any atom is -0.507 e. The summed E-state index contributed by atoms with van der Waals surface area (Å²) < 4.78 is 5.61. The Morgan fingerprint density at radius 2 is 1.29 bits per heavy atom. The second-order valence-corrected chi connectivity index (χ2v) is 6.06. The topological polar surface area (TPSA) is 29.5 Å². The van der Waals surface area contributed by atoms with Crippen molar-refractivity contribution in [3.05, 3.63) is 57.6 Å². The Morgan fingerprint density at radius 3 is 1.71 bits per heavy atom. The van der Waals surface area contributed by atoms with Crippen LogP contribution in [0.25, 0.3) is 0 Å². The fraction of sp³-hybridized carbons (Fsp3) is 0.333. The van der Waals surface area contributed by atoms with Gasteiger partial charge in [0, 0.05) is 6.26 Å². The van der Waals surface area contributed by atoms with Crippen LogP contribution in [0.3, 0.4) is 0 Å². The maximum Gasteiger partial charge on any atom is 0.143 e. The van der Waals surface area contributed by atoms with Crippen LogP contribution in [0.15, 0.2) is 24.3 Å². The highest BCUT2D eigenvalue weighted by atomic mass is 32.2. The number of hydrogen-bond acceptors (Lipinski definition) is 3. The van der Waals surface area contributed by atoms with Crippen LogP contribution in [0, 0.1) is 27.7 Å². The molecule has 2 aromatic rings. The molecule has 0 saturated heterocycles. The number of rotatable bonds is 4. The molecule has 0 radical (unpaired) electrons. The molecule has 0 aliphatic rings. The fourth-order valence-corrected chi connectivity index (χ4v) is 3.17. The molecule has 112 valence electrons. The first-order valence-electron chi connectivity index (χ1n) is 7.02. The van der Waals surface area contributed by atoms with Crippen molar-refractivity contribution in [2.75, 3.05) is 6.26 Å². The first-order chi connectivity index (χ1) is 9.92. The van der Waals surface area contributed by atoms with Crippen molar-refractivity contribution in [1.82, 2.24) is 0 Å². The van der Waals surface area contributed by atoms with Crippen LogP contribution in [0.4, 0.5) is 0 Å². The van der Waals surface area contributed by atoms with E-state index in [4.69, 9.17) is 4.18 Å². The van der Waals surface area contributed by atoms with Crippen molar-refractivity contribution in [3.63, 3.8) is 0 Å². The summed E-state index contributed by atoms with van der Waals surface area (Å²) in [5, 5.41) is 9.86. The summed E-state index contributed by atoms with van der Waals surface area (Å²) in [5.74, 6) is 1.36. The third-order valence-electron chi connectivity index (χ3n) is 3.65. The van der Waals surface area contributed by atoms with Gasteiger partial charge in [0.1, 0.15) is 11.5 Å². The minimum absolute atomic E-state index is 0.398. The van der Waals surface area contributed by atoms with E-state index in [9.17, 15) is 5.11 Å². The lowest BCUT2D eigenvalue weighted by Gasteiger charge is -2.13. The van der Waals surface area contributed by atoms with E-state index in [0.717, 1.165) is 34.4 Å². The lowest BCUT2D eigenvalue weighted by atomic mass is 9.97. The van der Waals surface area contributed by atoms with Gasteiger partial charge in [-0.15, -0.1) is 0 Å². The molecule has 0 unspecified atom stereocenters. The van der Waals surface area contributed by atoms with Gasteiger partial charge < -0.3 is 9.29 Å². The lowest BCUT2D eigenvalue weighted by Crippen LogP contribution is -1.95. The number of phenolic OH excluding ortho intramolecular Hbond substituents is 1. The summed E-state index contributed by atoms with van der Waals surface area (Å²) in [7, 11) is 0. The van der Waals surface area contributed by atoms with Crippen molar-refractivity contribution >= 4 is 12.0 Å². The molecule has 2 rings (SSSR count). The number of aryl methyl sites for hydroxylation is 4. The van der Waals surface area contributed by atoms with Gasteiger partial charge in [-0.1, -0.05) is 24.3 Å². The molecule has 0 aliphatic carbocycles. The van der Waals surface area contributed by atoms with Gasteiger partial charge in [-0.05, 0) is 67.5 Å². The molecular formula is C18H22O2S. The van der Waals surface area contributed by atoms with Gasteiger partial charge in [-0.2, -0.15) is 0 Å². The van der Waals surface area contributed by atoms with Crippen molar-refractivity contribution in [3.8, 4) is 11.5 Å². The van der Waals surface area contributed by atoms with Gasteiger partial charge in [-0.3, -0.25) is 0 Å². The minimum atomic E-state index is 0.398. The third kappa shape index (κ3) is 3.53. The summed E-state index contributed by atoms with van der Waals surface area (Å²) >= 11 is 1.37. The molecule has 0 atom stereocenters. The number of phenols is 1. The Balaban J connectivity index is 2.32. The molecule has 0 amide bonds. The van der Waals surface area contributed by atoms with Crippen LogP contribution < -0.4 is 4.18 Å². The largest absolute Gasteiger partial charge is 0.507 e. The van der Waals surface area contributed by atoms with E-state index in [2.05, 4.69) is 38.1 Å². The lowest BCUT2D eigenvalue weighted by molar-refractivity contribution is 0.466. The maximum absolute atomic E-state index is 9.86. The van der Waals surface area contributed by atoms with E-state index in [0.29, 0.717) is 5.75 Å². The van der Waals surface area contributed by atoms with Crippen LogP contribution in [0.1, 0.15) is 33.4 Å². The Bertz CT molecular complexity index is 616. The number of aromatic hydroxyl groups is 1. The summed E-state index contributed by atoms with van der Waals surface area (Å²) in [6.45, 7) is 8.04. The normalized spacial score (nSPS) is 10.7. The average molecular weight is 302 g/mol. The molecule has 2 aromatic carbocycles. The summed E-state index contributed by atoms with van der Waals surface area (Å²) in [6.07, 6.45) is 2.79. The quantitative estimate of drug-likeness (QED) is 0.817. The predicted octanol–water partition coefficient (Wildman–Crippen LogP) is 4.87. The van der Waals surface area contributed by atoms with E-state index in [1.165, 1.54) is 23.2 Å². The van der Waals surface area contributed by atoms with Crippen LogP contribution >= 0.6 is 12.0 Å². The third-order valence-corrected chi connectivity index (χ3v) is 3.98. The highest BCUT2D eigenvalue weighted by Crippen LogP contribution is 2.29. The van der Waals surface area contributed by atoms with Crippen molar-refractivity contribution < 1.29 is 9.29 Å². The second kappa shape index (κ2) is 6.44. The smallest absolute Gasteiger partial charge is 0.143 e. The molecule has 21 heavy (non-hydrogen) atoms. The average Bonchev–Trinajstić information content (AvgIpc) is 2.40. The van der Waals surface area contributed by atoms with Crippen LogP contribution in [0.2, 0.25) is 0 Å². The van der Waals surface area contributed by atoms with Gasteiger partial charge in [-0.25, -0.2) is 0 Å². The summed E-state index contributed by atoms with van der Waals surface area (Å²) in [5.41, 5.74) is 6.67. The molecule has 0 heterocycles. The van der Waals surface area contributed by atoms with Crippen LogP contribution in [0.5, 0.6) is 11.5 Å². The summed E-state index contributed by atoms with van der Waals surface area (Å²) in [4.78, 5) is 0. The van der Waals surface area contributed by atoms with E-state index in [-0.39, 0.29) is 0 Å². The molecule has 0 aromatic heterocycles. The van der Waals surface area contributed by atoms with Gasteiger partial charge in [0.05, 0.1) is 12.0 Å². The molecule has 0 bridgehead atoms. The van der Waals surface area contributed by atoms with Gasteiger partial charge in [0.15, 0.2) is 0 Å². The molecule has 3 heteroatoms. The van der Waals surface area contributed by atoms with E-state index < -0.39 is 0 Å². The zero-order chi connectivity index (χ0) is 15.6. The zero-order valence-corrected chi connectivity index (χ0v) is 14.1. The Kier molecular flexibility index (Phi) is 4.84. The van der Waals surface area contributed by atoms with E-state index in [1.54, 1.807) is 0 Å². The van der Waals surface area contributed by atoms with Crippen LogP contribution in [-0.4, -0.2) is 11.4 Å². The molecule has 0 aliphatic heterocycles. The Morgan fingerprint density at radius 1 is 0.857 bits per heavy atom. The summed E-state index contributed by atoms with van der Waals surface area (Å²) in [6, 6.07) is 8.46. The highest BCUT2D eigenvalue weighted by Gasteiger charge is 2.09. The fourth-order valence-electron chi connectivity index (χ4n) is 2.74. The van der Waals surface area contributed by atoms with Gasteiger partial charge in [0.25, 0.3) is 0 Å². The van der Waals surface area contributed by atoms with Crippen molar-refractivity contribution in [1.29, 1.82) is 0 Å². The molecule has 0 spiro atoms. The monoisotopic (exact) mass is 302 g/mol. The molecule has 0 saturated carbocycles. The number of hydrogen-bond donors (Lipinski definition) is 1. The number of benzene rings is 2.